The molecular formula is C29H26N2O6. The second-order valence-corrected chi connectivity index (χ2v) is 8.70. The van der Waals surface area contributed by atoms with E-state index in [-0.39, 0.29) is 22.0 Å². The molecule has 1 N–H and O–H groups in total. The van der Waals surface area contributed by atoms with Crippen molar-refractivity contribution >= 4 is 34.2 Å². The van der Waals surface area contributed by atoms with Crippen LogP contribution in [-0.4, -0.2) is 44.8 Å². The zero-order valence-corrected chi connectivity index (χ0v) is 20.4. The minimum absolute atomic E-state index is 0.0782. The highest BCUT2D eigenvalue weighted by atomic mass is 16.5. The van der Waals surface area contributed by atoms with Gasteiger partial charge in [-0.05, 0) is 43.3 Å². The summed E-state index contributed by atoms with van der Waals surface area (Å²) in [7, 11) is 0. The summed E-state index contributed by atoms with van der Waals surface area (Å²) in [6.07, 6.45) is 0. The Morgan fingerprint density at radius 1 is 0.946 bits per heavy atom. The van der Waals surface area contributed by atoms with Crippen LogP contribution in [0.1, 0.15) is 15.9 Å². The number of nitrogens with zero attached hydrogens (tertiary/aromatic N) is 1. The van der Waals surface area contributed by atoms with Crippen LogP contribution in [0.2, 0.25) is 0 Å². The summed E-state index contributed by atoms with van der Waals surface area (Å²) >= 11 is 0. The van der Waals surface area contributed by atoms with Gasteiger partial charge in [0.2, 0.25) is 0 Å². The average molecular weight is 499 g/mol. The molecule has 1 aromatic heterocycles. The van der Waals surface area contributed by atoms with Crippen molar-refractivity contribution in [3.8, 4) is 11.3 Å². The molecule has 3 aromatic carbocycles. The summed E-state index contributed by atoms with van der Waals surface area (Å²) in [5, 5.41) is 3.00. The van der Waals surface area contributed by atoms with Crippen LogP contribution in [0, 0.1) is 6.92 Å². The summed E-state index contributed by atoms with van der Waals surface area (Å²) in [4.78, 5) is 40.6. The largest absolute Gasteiger partial charge is 0.455 e. The molecule has 1 aliphatic heterocycles. The van der Waals surface area contributed by atoms with Crippen molar-refractivity contribution in [2.75, 3.05) is 43.1 Å². The van der Waals surface area contributed by atoms with Crippen LogP contribution in [0.25, 0.3) is 22.3 Å². The third-order valence-corrected chi connectivity index (χ3v) is 6.26. The maximum atomic E-state index is 13.0. The number of rotatable bonds is 6. The van der Waals surface area contributed by atoms with E-state index in [9.17, 15) is 14.4 Å². The number of ether oxygens (including phenoxy) is 2. The van der Waals surface area contributed by atoms with E-state index in [1.165, 1.54) is 6.07 Å². The Kier molecular flexibility index (Phi) is 7.00. The molecule has 37 heavy (non-hydrogen) atoms. The molecule has 0 atom stereocenters. The Hall–Kier alpha value is -4.43. The molecule has 0 unspecified atom stereocenters. The highest BCUT2D eigenvalue weighted by Crippen LogP contribution is 2.27. The predicted molar refractivity (Wildman–Crippen MR) is 141 cm³/mol. The van der Waals surface area contributed by atoms with Gasteiger partial charge in [0, 0.05) is 35.6 Å². The highest BCUT2D eigenvalue weighted by molar-refractivity contribution is 6.03. The van der Waals surface area contributed by atoms with E-state index in [1.807, 2.05) is 42.5 Å². The highest BCUT2D eigenvalue weighted by Gasteiger charge is 2.20. The van der Waals surface area contributed by atoms with Crippen molar-refractivity contribution in [2.24, 2.45) is 0 Å². The van der Waals surface area contributed by atoms with Gasteiger partial charge in [-0.15, -0.1) is 0 Å². The fraction of sp³-hybridized carbons (Fsp3) is 0.207. The quantitative estimate of drug-likeness (QED) is 0.394. The van der Waals surface area contributed by atoms with Crippen molar-refractivity contribution < 1.29 is 23.5 Å². The molecule has 188 valence electrons. The van der Waals surface area contributed by atoms with E-state index in [2.05, 4.69) is 10.2 Å². The second-order valence-electron chi connectivity index (χ2n) is 8.70. The lowest BCUT2D eigenvalue weighted by Crippen LogP contribution is -2.36. The number of carbonyl (C=O) groups is 2. The number of amides is 1. The number of hydrogen-bond donors (Lipinski definition) is 1. The summed E-state index contributed by atoms with van der Waals surface area (Å²) < 4.78 is 16.7. The first-order chi connectivity index (χ1) is 18.0. The van der Waals surface area contributed by atoms with Crippen LogP contribution < -0.4 is 15.6 Å². The van der Waals surface area contributed by atoms with E-state index in [1.54, 1.807) is 31.2 Å². The number of benzene rings is 3. The third kappa shape index (κ3) is 5.24. The predicted octanol–water partition coefficient (Wildman–Crippen LogP) is 4.40. The first-order valence-electron chi connectivity index (χ1n) is 12.0. The lowest BCUT2D eigenvalue weighted by Gasteiger charge is -2.28. The number of para-hydroxylation sites is 1. The van der Waals surface area contributed by atoms with Gasteiger partial charge in [0.05, 0.1) is 18.6 Å². The van der Waals surface area contributed by atoms with Crippen LogP contribution in [0.4, 0.5) is 11.4 Å². The summed E-state index contributed by atoms with van der Waals surface area (Å²) in [5.74, 6) is -0.846. The molecule has 0 saturated carbocycles. The number of hydrogen-bond acceptors (Lipinski definition) is 7. The summed E-state index contributed by atoms with van der Waals surface area (Å²) in [6, 6.07) is 21.4. The molecule has 0 aliphatic carbocycles. The average Bonchev–Trinajstić information content (AvgIpc) is 2.94. The van der Waals surface area contributed by atoms with E-state index in [0.29, 0.717) is 30.2 Å². The maximum Gasteiger partial charge on any atom is 0.342 e. The van der Waals surface area contributed by atoms with E-state index in [0.717, 1.165) is 24.3 Å². The molecule has 1 fully saturated rings. The third-order valence-electron chi connectivity index (χ3n) is 6.26. The van der Waals surface area contributed by atoms with Crippen molar-refractivity contribution in [3.05, 3.63) is 94.1 Å². The van der Waals surface area contributed by atoms with Crippen molar-refractivity contribution in [1.82, 2.24) is 0 Å². The molecule has 8 heteroatoms. The van der Waals surface area contributed by atoms with E-state index < -0.39 is 18.5 Å². The van der Waals surface area contributed by atoms with Crippen LogP contribution in [0.5, 0.6) is 0 Å². The zero-order valence-electron chi connectivity index (χ0n) is 20.4. The smallest absolute Gasteiger partial charge is 0.342 e. The van der Waals surface area contributed by atoms with Gasteiger partial charge in [-0.2, -0.15) is 0 Å². The first kappa shape index (κ1) is 24.3. The van der Waals surface area contributed by atoms with Crippen LogP contribution >= 0.6 is 0 Å². The van der Waals surface area contributed by atoms with Gasteiger partial charge < -0.3 is 24.1 Å². The topological polar surface area (TPSA) is 98.1 Å². The molecule has 1 saturated heterocycles. The van der Waals surface area contributed by atoms with Crippen molar-refractivity contribution in [2.45, 2.75) is 6.92 Å². The summed E-state index contributed by atoms with van der Waals surface area (Å²) in [6.45, 7) is 4.23. The fourth-order valence-corrected chi connectivity index (χ4v) is 4.32. The van der Waals surface area contributed by atoms with Crippen molar-refractivity contribution in [1.29, 1.82) is 0 Å². The van der Waals surface area contributed by atoms with Gasteiger partial charge in [0.15, 0.2) is 17.6 Å². The molecular weight excluding hydrogens is 472 g/mol. The molecule has 8 nitrogen and oxygen atoms in total. The number of fused-ring (bicyclic) bond motifs is 1. The lowest BCUT2D eigenvalue weighted by atomic mass is 10.0. The number of carbonyl (C=O) groups excluding carboxylic acids is 2. The molecule has 0 bridgehead atoms. The second kappa shape index (κ2) is 10.7. The van der Waals surface area contributed by atoms with Crippen LogP contribution in [-0.2, 0) is 14.3 Å². The summed E-state index contributed by atoms with van der Waals surface area (Å²) in [5.41, 5.74) is 2.79. The SMILES string of the molecule is Cc1c(-c2ccccc2)oc2c(C(=O)OCC(=O)Nc3ccc(N4CCOCC4)cc3)cccc2c1=O. The Morgan fingerprint density at radius 2 is 1.68 bits per heavy atom. The van der Waals surface area contributed by atoms with Gasteiger partial charge in [-0.25, -0.2) is 4.79 Å². The number of anilines is 2. The molecule has 2 heterocycles. The van der Waals surface area contributed by atoms with Crippen LogP contribution in [0.15, 0.2) is 82.0 Å². The standard InChI is InChI=1S/C29H26N2O6/c1-19-26(33)23-8-5-9-24(28(23)37-27(19)20-6-3-2-4-7-20)29(34)36-18-25(32)30-21-10-12-22(13-11-21)31-14-16-35-17-15-31/h2-13H,14-18H2,1H3,(H,30,32). The molecule has 5 rings (SSSR count). The number of esters is 1. The zero-order chi connectivity index (χ0) is 25.8. The minimum Gasteiger partial charge on any atom is -0.455 e. The van der Waals surface area contributed by atoms with Gasteiger partial charge in [0.1, 0.15) is 11.3 Å². The van der Waals surface area contributed by atoms with Crippen molar-refractivity contribution in [3.63, 3.8) is 0 Å². The molecule has 0 radical (unpaired) electrons. The van der Waals surface area contributed by atoms with Crippen LogP contribution in [0.3, 0.4) is 0 Å². The van der Waals surface area contributed by atoms with Gasteiger partial charge in [0.25, 0.3) is 5.91 Å². The van der Waals surface area contributed by atoms with E-state index in [4.69, 9.17) is 13.9 Å². The van der Waals surface area contributed by atoms with Gasteiger partial charge in [-0.3, -0.25) is 9.59 Å². The van der Waals surface area contributed by atoms with Gasteiger partial charge >= 0.3 is 5.97 Å². The Bertz CT molecular complexity index is 1490. The van der Waals surface area contributed by atoms with Gasteiger partial charge in [-0.1, -0.05) is 36.4 Å². The molecule has 1 amide bonds. The Morgan fingerprint density at radius 3 is 2.41 bits per heavy atom. The number of nitrogens with one attached hydrogen (secondary N) is 1. The fourth-order valence-electron chi connectivity index (χ4n) is 4.32. The monoisotopic (exact) mass is 498 g/mol. The minimum atomic E-state index is -0.755. The number of morpholine rings is 1. The molecule has 1 aliphatic rings. The normalized spacial score (nSPS) is 13.4. The molecule has 0 spiro atoms. The Balaban J connectivity index is 1.29. The lowest BCUT2D eigenvalue weighted by molar-refractivity contribution is -0.119. The molecule has 4 aromatic rings. The van der Waals surface area contributed by atoms with E-state index >= 15 is 0 Å². The maximum absolute atomic E-state index is 13.0. The Labute approximate surface area is 213 Å². The first-order valence-corrected chi connectivity index (χ1v) is 12.0.